The molecule has 0 radical (unpaired) electrons. The van der Waals surface area contributed by atoms with E-state index in [4.69, 9.17) is 5.73 Å². The summed E-state index contributed by atoms with van der Waals surface area (Å²) in [7, 11) is 0. The second kappa shape index (κ2) is 5.39. The van der Waals surface area contributed by atoms with Gasteiger partial charge >= 0.3 is 0 Å². The van der Waals surface area contributed by atoms with Crippen molar-refractivity contribution in [2.45, 2.75) is 0 Å². The van der Waals surface area contributed by atoms with Gasteiger partial charge in [-0.2, -0.15) is 0 Å². The monoisotopic (exact) mass is 291 g/mol. The SMILES string of the molecule is Nc1nonc1C(=O)N1CCN(c2ccc(F)cc2)CC1. The number of hydrogen-bond acceptors (Lipinski definition) is 6. The molecule has 1 fully saturated rings. The van der Waals surface area contributed by atoms with E-state index in [1.54, 1.807) is 17.0 Å². The third kappa shape index (κ3) is 2.64. The molecule has 0 atom stereocenters. The Morgan fingerprint density at radius 2 is 1.81 bits per heavy atom. The van der Waals surface area contributed by atoms with Gasteiger partial charge in [-0.15, -0.1) is 0 Å². The highest BCUT2D eigenvalue weighted by molar-refractivity contribution is 5.96. The second-order valence-corrected chi connectivity index (χ2v) is 4.75. The zero-order valence-corrected chi connectivity index (χ0v) is 11.2. The number of nitrogens with zero attached hydrogens (tertiary/aromatic N) is 4. The molecule has 2 N–H and O–H groups in total. The summed E-state index contributed by atoms with van der Waals surface area (Å²) in [5, 5.41) is 6.92. The van der Waals surface area contributed by atoms with Crippen LogP contribution in [0, 0.1) is 5.82 Å². The quantitative estimate of drug-likeness (QED) is 0.878. The highest BCUT2D eigenvalue weighted by Crippen LogP contribution is 2.18. The first-order valence-corrected chi connectivity index (χ1v) is 6.53. The lowest BCUT2D eigenvalue weighted by Gasteiger charge is -2.35. The van der Waals surface area contributed by atoms with Crippen molar-refractivity contribution >= 4 is 17.4 Å². The number of halogens is 1. The van der Waals surface area contributed by atoms with Gasteiger partial charge in [0.05, 0.1) is 0 Å². The Balaban J connectivity index is 1.64. The van der Waals surface area contributed by atoms with E-state index in [1.165, 1.54) is 12.1 Å². The number of carbonyl (C=O) groups is 1. The zero-order valence-electron chi connectivity index (χ0n) is 11.2. The van der Waals surface area contributed by atoms with Crippen LogP contribution in [0.25, 0.3) is 0 Å². The van der Waals surface area contributed by atoms with Crippen LogP contribution in [0.2, 0.25) is 0 Å². The predicted molar refractivity (Wildman–Crippen MR) is 73.2 cm³/mol. The fourth-order valence-electron chi connectivity index (χ4n) is 2.31. The number of nitrogens with two attached hydrogens (primary N) is 1. The van der Waals surface area contributed by atoms with E-state index in [0.717, 1.165) is 5.69 Å². The molecular formula is C13H14FN5O2. The molecule has 2 aromatic rings. The van der Waals surface area contributed by atoms with Gasteiger partial charge in [0.1, 0.15) is 5.82 Å². The number of nitrogen functional groups attached to an aromatic ring is 1. The summed E-state index contributed by atoms with van der Waals surface area (Å²) in [5.74, 6) is -0.546. The van der Waals surface area contributed by atoms with Crippen LogP contribution in [0.15, 0.2) is 28.9 Å². The van der Waals surface area contributed by atoms with E-state index in [1.807, 2.05) is 0 Å². The van der Waals surface area contributed by atoms with Crippen molar-refractivity contribution in [3.8, 4) is 0 Å². The Kier molecular flexibility index (Phi) is 3.43. The molecule has 0 spiro atoms. The average Bonchev–Trinajstić information content (AvgIpc) is 2.94. The molecule has 1 aliphatic rings. The maximum Gasteiger partial charge on any atom is 0.280 e. The molecule has 8 heteroatoms. The Morgan fingerprint density at radius 1 is 1.14 bits per heavy atom. The van der Waals surface area contributed by atoms with Crippen molar-refractivity contribution in [3.05, 3.63) is 35.8 Å². The van der Waals surface area contributed by atoms with Crippen LogP contribution in [0.3, 0.4) is 0 Å². The van der Waals surface area contributed by atoms with Gasteiger partial charge in [0.15, 0.2) is 0 Å². The zero-order chi connectivity index (χ0) is 14.8. The lowest BCUT2D eigenvalue weighted by Crippen LogP contribution is -2.49. The van der Waals surface area contributed by atoms with Crippen LogP contribution in [0.1, 0.15) is 10.5 Å². The fraction of sp³-hybridized carbons (Fsp3) is 0.308. The molecule has 0 unspecified atom stereocenters. The first-order chi connectivity index (χ1) is 10.1. The molecule has 7 nitrogen and oxygen atoms in total. The highest BCUT2D eigenvalue weighted by Gasteiger charge is 2.26. The molecule has 1 aromatic heterocycles. The average molecular weight is 291 g/mol. The van der Waals surface area contributed by atoms with Crippen LogP contribution in [0.4, 0.5) is 15.9 Å². The van der Waals surface area contributed by atoms with E-state index >= 15 is 0 Å². The standard InChI is InChI=1S/C13H14FN5O2/c14-9-1-3-10(4-2-9)18-5-7-19(8-6-18)13(20)11-12(15)17-21-16-11/h1-4H,5-8H2,(H2,15,17). The molecule has 1 saturated heterocycles. The lowest BCUT2D eigenvalue weighted by molar-refractivity contribution is 0.0736. The third-order valence-corrected chi connectivity index (χ3v) is 3.48. The molecule has 3 rings (SSSR count). The van der Waals surface area contributed by atoms with E-state index in [9.17, 15) is 9.18 Å². The van der Waals surface area contributed by atoms with Gasteiger partial charge in [-0.25, -0.2) is 9.02 Å². The van der Waals surface area contributed by atoms with Crippen LogP contribution >= 0.6 is 0 Å². The minimum absolute atomic E-state index is 0.000893. The molecule has 1 amide bonds. The topological polar surface area (TPSA) is 88.5 Å². The molecule has 21 heavy (non-hydrogen) atoms. The van der Waals surface area contributed by atoms with Crippen molar-refractivity contribution < 1.29 is 13.8 Å². The lowest BCUT2D eigenvalue weighted by atomic mass is 10.2. The molecular weight excluding hydrogens is 277 g/mol. The van der Waals surface area contributed by atoms with Gasteiger partial charge in [0.25, 0.3) is 5.91 Å². The second-order valence-electron chi connectivity index (χ2n) is 4.75. The van der Waals surface area contributed by atoms with Crippen molar-refractivity contribution in [2.24, 2.45) is 0 Å². The highest BCUT2D eigenvalue weighted by atomic mass is 19.1. The molecule has 0 aliphatic carbocycles. The Labute approximate surface area is 120 Å². The summed E-state index contributed by atoms with van der Waals surface area (Å²) in [6, 6.07) is 6.31. The molecule has 110 valence electrons. The van der Waals surface area contributed by atoms with Crippen LogP contribution < -0.4 is 10.6 Å². The fourth-order valence-corrected chi connectivity index (χ4v) is 2.31. The predicted octanol–water partition coefficient (Wildman–Crippen LogP) is 0.753. The van der Waals surface area contributed by atoms with Gasteiger partial charge in [-0.1, -0.05) is 0 Å². The number of carbonyl (C=O) groups excluding carboxylic acids is 1. The summed E-state index contributed by atoms with van der Waals surface area (Å²) in [4.78, 5) is 15.9. The first-order valence-electron chi connectivity index (χ1n) is 6.53. The van der Waals surface area contributed by atoms with Gasteiger partial charge < -0.3 is 15.5 Å². The van der Waals surface area contributed by atoms with Gasteiger partial charge in [0, 0.05) is 31.9 Å². The van der Waals surface area contributed by atoms with Crippen molar-refractivity contribution in [3.63, 3.8) is 0 Å². The molecule has 1 aliphatic heterocycles. The van der Waals surface area contributed by atoms with E-state index in [2.05, 4.69) is 19.8 Å². The summed E-state index contributed by atoms with van der Waals surface area (Å²) < 4.78 is 17.4. The Morgan fingerprint density at radius 3 is 2.38 bits per heavy atom. The Hall–Kier alpha value is -2.64. The van der Waals surface area contributed by atoms with Crippen LogP contribution in [0.5, 0.6) is 0 Å². The minimum Gasteiger partial charge on any atom is -0.379 e. The summed E-state index contributed by atoms with van der Waals surface area (Å²) in [5.41, 5.74) is 6.50. The summed E-state index contributed by atoms with van der Waals surface area (Å²) in [6.07, 6.45) is 0. The summed E-state index contributed by atoms with van der Waals surface area (Å²) >= 11 is 0. The van der Waals surface area contributed by atoms with E-state index < -0.39 is 0 Å². The number of amides is 1. The smallest absolute Gasteiger partial charge is 0.280 e. The maximum absolute atomic E-state index is 12.9. The molecule has 1 aromatic carbocycles. The summed E-state index contributed by atoms with van der Waals surface area (Å²) in [6.45, 7) is 2.37. The third-order valence-electron chi connectivity index (χ3n) is 3.48. The van der Waals surface area contributed by atoms with Crippen molar-refractivity contribution in [1.29, 1.82) is 0 Å². The molecule has 2 heterocycles. The molecule has 0 bridgehead atoms. The number of aromatic nitrogens is 2. The van der Waals surface area contributed by atoms with Crippen molar-refractivity contribution in [2.75, 3.05) is 36.8 Å². The van der Waals surface area contributed by atoms with Gasteiger partial charge in [0.2, 0.25) is 11.5 Å². The normalized spacial score (nSPS) is 15.3. The van der Waals surface area contributed by atoms with Crippen LogP contribution in [-0.2, 0) is 0 Å². The first kappa shape index (κ1) is 13.3. The van der Waals surface area contributed by atoms with Gasteiger partial charge in [-0.3, -0.25) is 4.79 Å². The Bertz CT molecular complexity index is 634. The number of piperazine rings is 1. The maximum atomic E-state index is 12.9. The van der Waals surface area contributed by atoms with Crippen LogP contribution in [-0.4, -0.2) is 47.3 Å². The molecule has 0 saturated carbocycles. The largest absolute Gasteiger partial charge is 0.379 e. The minimum atomic E-state index is -0.285. The number of benzene rings is 1. The number of hydrogen-bond donors (Lipinski definition) is 1. The van der Waals surface area contributed by atoms with E-state index in [0.29, 0.717) is 26.2 Å². The number of rotatable bonds is 2. The van der Waals surface area contributed by atoms with E-state index in [-0.39, 0.29) is 23.2 Å². The van der Waals surface area contributed by atoms with Crippen molar-refractivity contribution in [1.82, 2.24) is 15.2 Å². The van der Waals surface area contributed by atoms with Gasteiger partial charge in [-0.05, 0) is 34.6 Å². The number of anilines is 2.